The molecule has 49 heavy (non-hydrogen) atoms. The van der Waals surface area contributed by atoms with E-state index in [-0.39, 0.29) is 54.7 Å². The number of carbonyl (C=O) groups excluding carboxylic acids is 2. The van der Waals surface area contributed by atoms with E-state index in [0.717, 1.165) is 22.4 Å². The monoisotopic (exact) mass is 667 g/mol. The Kier molecular flexibility index (Phi) is 8.73. The minimum absolute atomic E-state index is 0.00708. The number of hydrogen-bond acceptors (Lipinski definition) is 11. The number of methoxy groups -OCH3 is 1. The second-order valence-electron chi connectivity index (χ2n) is 12.3. The van der Waals surface area contributed by atoms with Gasteiger partial charge in [-0.15, -0.1) is 0 Å². The van der Waals surface area contributed by atoms with Crippen molar-refractivity contribution in [1.82, 2.24) is 4.90 Å². The van der Waals surface area contributed by atoms with E-state index in [2.05, 4.69) is 4.99 Å². The number of aliphatic hydroxyl groups excluding tert-OH is 3. The van der Waals surface area contributed by atoms with Crippen LogP contribution in [-0.4, -0.2) is 101 Å². The van der Waals surface area contributed by atoms with Crippen molar-refractivity contribution in [2.75, 3.05) is 26.9 Å². The van der Waals surface area contributed by atoms with E-state index in [4.69, 9.17) is 18.9 Å². The summed E-state index contributed by atoms with van der Waals surface area (Å²) in [7, 11) is 1.45. The number of ketones is 1. The third-order valence-corrected chi connectivity index (χ3v) is 9.15. The van der Waals surface area contributed by atoms with Crippen molar-refractivity contribution in [3.05, 3.63) is 106 Å². The lowest BCUT2D eigenvalue weighted by Crippen LogP contribution is -2.60. The zero-order valence-corrected chi connectivity index (χ0v) is 26.8. The number of nitrogens with zero attached hydrogens (tertiary/aromatic N) is 2. The Morgan fingerprint density at radius 3 is 2.73 bits per heavy atom. The minimum Gasteiger partial charge on any atom is -0.506 e. The van der Waals surface area contributed by atoms with Gasteiger partial charge in [0.25, 0.3) is 5.91 Å². The summed E-state index contributed by atoms with van der Waals surface area (Å²) in [6.07, 6.45) is 1.87. The van der Waals surface area contributed by atoms with Crippen LogP contribution >= 0.6 is 0 Å². The number of benzene rings is 3. The molecule has 1 saturated heterocycles. The quantitative estimate of drug-likeness (QED) is 0.187. The molecule has 1 aliphatic carbocycles. The first-order valence-electron chi connectivity index (χ1n) is 15.8. The zero-order chi connectivity index (χ0) is 34.4. The Morgan fingerprint density at radius 1 is 1.12 bits per heavy atom. The summed E-state index contributed by atoms with van der Waals surface area (Å²) in [5.74, 6) is -0.784. The summed E-state index contributed by atoms with van der Waals surface area (Å²) in [5.41, 5.74) is 4.43. The van der Waals surface area contributed by atoms with Crippen LogP contribution in [0.4, 0.5) is 0 Å². The average molecular weight is 668 g/mol. The van der Waals surface area contributed by atoms with Gasteiger partial charge in [0.1, 0.15) is 53.8 Å². The number of ether oxygens (including phenoxy) is 4. The standard InChI is InChI=1S/C37H34N2O10/c1-19-11-21-12-23(46-2)13-28(31(21)33(42)30(19)27(40)16-39-15-20-7-3-4-9-25(20)36(39)45)48-37-35(44)34(43)32(41)29(49-37)18-47-17-22-14-38-26-10-6-5-8-24(22)26/h3-14,29,32,34-35,37,41,43-44H,15-18H2,1-2H3/p+1/t29-,32-,34+,35-,37-/m1/s1. The number of phenolic OH excluding ortho intramolecular Hbond substituents is 1. The van der Waals surface area contributed by atoms with E-state index in [0.29, 0.717) is 22.3 Å². The molecule has 4 aliphatic rings. The van der Waals surface area contributed by atoms with Crippen LogP contribution in [-0.2, 0) is 16.0 Å². The van der Waals surface area contributed by atoms with Gasteiger partial charge in [0, 0.05) is 42.8 Å². The molecule has 0 bridgehead atoms. The Labute approximate surface area is 281 Å². The molecule has 4 N–H and O–H groups in total. The topological polar surface area (TPSA) is 168 Å². The highest BCUT2D eigenvalue weighted by Gasteiger charge is 2.45. The number of carbonyl (C=O) groups is 2. The summed E-state index contributed by atoms with van der Waals surface area (Å²) in [4.78, 5) is 32.4. The second kappa shape index (κ2) is 13.1. The van der Waals surface area contributed by atoms with Gasteiger partial charge in [-0.25, -0.2) is 0 Å². The van der Waals surface area contributed by atoms with Crippen molar-refractivity contribution >= 4 is 28.7 Å². The molecular weight excluding hydrogens is 632 g/mol. The lowest BCUT2D eigenvalue weighted by atomic mass is 9.96. The first kappa shape index (κ1) is 32.6. The van der Waals surface area contributed by atoms with Gasteiger partial charge >= 0.3 is 0 Å². The molecule has 0 radical (unpaired) electrons. The normalized spacial score (nSPS) is 24.2. The predicted octanol–water partition coefficient (Wildman–Crippen LogP) is 2.94. The maximum absolute atomic E-state index is 13.7. The number of amides is 1. The number of hydrogen-bond donors (Lipinski definition) is 4. The highest BCUT2D eigenvalue weighted by Crippen LogP contribution is 2.42. The van der Waals surface area contributed by atoms with E-state index in [1.807, 2.05) is 36.8 Å². The van der Waals surface area contributed by atoms with Crippen molar-refractivity contribution in [3.63, 3.8) is 0 Å². The summed E-state index contributed by atoms with van der Waals surface area (Å²) < 4.78 is 23.3. The van der Waals surface area contributed by atoms with Crippen LogP contribution in [0.25, 0.3) is 10.8 Å². The molecule has 0 aromatic heterocycles. The molecule has 3 aromatic carbocycles. The fourth-order valence-corrected chi connectivity index (χ4v) is 6.60. The van der Waals surface area contributed by atoms with Crippen LogP contribution in [0.1, 0.15) is 31.8 Å². The Balaban J connectivity index is 1.13. The van der Waals surface area contributed by atoms with E-state index in [1.54, 1.807) is 37.4 Å². The number of allylic oxidation sites excluding steroid dienone is 4. The Morgan fingerprint density at radius 2 is 1.94 bits per heavy atom. The molecular formula is C37H35N2O10+. The molecule has 3 heterocycles. The van der Waals surface area contributed by atoms with Crippen molar-refractivity contribution in [1.29, 1.82) is 0 Å². The predicted molar refractivity (Wildman–Crippen MR) is 178 cm³/mol. The van der Waals surface area contributed by atoms with Gasteiger partial charge in [0.2, 0.25) is 6.29 Å². The number of fused-ring (bicyclic) bond motifs is 3. The van der Waals surface area contributed by atoms with Crippen molar-refractivity contribution in [3.8, 4) is 17.2 Å². The Hall–Kier alpha value is -4.98. The van der Waals surface area contributed by atoms with E-state index in [1.165, 1.54) is 18.1 Å². The van der Waals surface area contributed by atoms with Crippen LogP contribution < -0.4 is 9.47 Å². The minimum atomic E-state index is -1.69. The molecule has 7 rings (SSSR count). The smallest absolute Gasteiger partial charge is 0.254 e. The van der Waals surface area contributed by atoms with Crippen LogP contribution in [0, 0.1) is 13.3 Å². The summed E-state index contributed by atoms with van der Waals surface area (Å²) in [5, 5.41) is 44.6. The third kappa shape index (κ3) is 5.98. The van der Waals surface area contributed by atoms with Crippen molar-refractivity contribution < 1.29 is 49.0 Å². The molecule has 1 amide bonds. The molecule has 3 aliphatic heterocycles. The summed E-state index contributed by atoms with van der Waals surface area (Å²) in [6, 6.07) is 12.0. The number of rotatable bonds is 10. The molecule has 5 atom stereocenters. The SMILES string of the molecule is COc1cc(O[C@@H]2O[C@H](COCC3=C4[CH+]C=CC=C4N=C3)[C@@H](O)[C@H](O)[C@H]2O)c2c(O)c(C(=O)CN3Cc4ccccc4C3=O)c(C)cc2c1. The maximum Gasteiger partial charge on any atom is 0.254 e. The highest BCUT2D eigenvalue weighted by atomic mass is 16.7. The molecule has 252 valence electrons. The first-order valence-corrected chi connectivity index (χ1v) is 15.8. The van der Waals surface area contributed by atoms with Crippen LogP contribution in [0.3, 0.4) is 0 Å². The van der Waals surface area contributed by atoms with Gasteiger partial charge in [-0.1, -0.05) is 24.3 Å². The fraction of sp³-hybridized carbons (Fsp3) is 0.297. The van der Waals surface area contributed by atoms with Crippen LogP contribution in [0.15, 0.2) is 82.5 Å². The molecule has 12 heteroatoms. The maximum atomic E-state index is 13.7. The van der Waals surface area contributed by atoms with Gasteiger partial charge in [-0.3, -0.25) is 9.59 Å². The summed E-state index contributed by atoms with van der Waals surface area (Å²) in [6.45, 7) is 1.71. The fourth-order valence-electron chi connectivity index (χ4n) is 6.60. The zero-order valence-electron chi connectivity index (χ0n) is 26.8. The van der Waals surface area contributed by atoms with Gasteiger partial charge in [0.05, 0.1) is 43.0 Å². The van der Waals surface area contributed by atoms with E-state index < -0.39 is 36.5 Å². The largest absolute Gasteiger partial charge is 0.506 e. The first-order chi connectivity index (χ1) is 23.6. The molecule has 0 saturated carbocycles. The highest BCUT2D eigenvalue weighted by molar-refractivity contribution is 6.10. The number of phenols is 1. The molecule has 12 nitrogen and oxygen atoms in total. The molecule has 3 aromatic rings. The number of aromatic hydroxyl groups is 1. The summed E-state index contributed by atoms with van der Waals surface area (Å²) >= 11 is 0. The van der Waals surface area contributed by atoms with Crippen molar-refractivity contribution in [2.45, 2.75) is 44.2 Å². The van der Waals surface area contributed by atoms with Crippen LogP contribution in [0.2, 0.25) is 0 Å². The van der Waals surface area contributed by atoms with Gasteiger partial charge in [-0.2, -0.15) is 4.99 Å². The Bertz CT molecular complexity index is 1960. The van der Waals surface area contributed by atoms with Gasteiger partial charge in [0.15, 0.2) is 11.5 Å². The third-order valence-electron chi connectivity index (χ3n) is 9.15. The van der Waals surface area contributed by atoms with E-state index >= 15 is 0 Å². The molecule has 1 fully saturated rings. The second-order valence-corrected chi connectivity index (χ2v) is 12.3. The van der Waals surface area contributed by atoms with Gasteiger partial charge in [-0.05, 0) is 35.6 Å². The number of aliphatic hydroxyl groups is 3. The number of aliphatic imine (C=N–C) groups is 1. The number of aryl methyl sites for hydroxylation is 1. The van der Waals surface area contributed by atoms with Crippen molar-refractivity contribution in [2.24, 2.45) is 4.99 Å². The molecule has 0 spiro atoms. The van der Waals surface area contributed by atoms with E-state index in [9.17, 15) is 30.0 Å². The lowest BCUT2D eigenvalue weighted by molar-refractivity contribution is -0.279. The van der Waals surface area contributed by atoms with Gasteiger partial charge < -0.3 is 44.3 Å². The number of Topliss-reactive ketones (excluding diaryl/α,β-unsaturated/α-hetero) is 1. The molecule has 0 unspecified atom stereocenters. The lowest BCUT2D eigenvalue weighted by Gasteiger charge is -2.40. The van der Waals surface area contributed by atoms with Crippen LogP contribution in [0.5, 0.6) is 17.2 Å². The average Bonchev–Trinajstić information content (AvgIpc) is 3.65.